The molecule has 1 fully saturated rings. The van der Waals surface area contributed by atoms with E-state index < -0.39 is 0 Å². The molecule has 32 heavy (non-hydrogen) atoms. The van der Waals surface area contributed by atoms with E-state index in [1.165, 1.54) is 17.3 Å². The van der Waals surface area contributed by atoms with Crippen LogP contribution in [-0.4, -0.2) is 62.7 Å². The van der Waals surface area contributed by atoms with Crippen molar-refractivity contribution in [2.24, 2.45) is 0 Å². The van der Waals surface area contributed by atoms with E-state index in [4.69, 9.17) is 4.74 Å². The molecule has 2 heterocycles. The van der Waals surface area contributed by atoms with Gasteiger partial charge < -0.3 is 10.1 Å². The van der Waals surface area contributed by atoms with Gasteiger partial charge in [-0.2, -0.15) is 0 Å². The zero-order chi connectivity index (χ0) is 22.3. The molecule has 0 aliphatic carbocycles. The lowest BCUT2D eigenvalue weighted by atomic mass is 10.1. The molecule has 0 radical (unpaired) electrons. The highest BCUT2D eigenvalue weighted by atomic mass is 32.2. The van der Waals surface area contributed by atoms with Crippen LogP contribution in [0.3, 0.4) is 0 Å². The molecule has 6 nitrogen and oxygen atoms in total. The van der Waals surface area contributed by atoms with Gasteiger partial charge in [-0.1, -0.05) is 53.7 Å². The summed E-state index contributed by atoms with van der Waals surface area (Å²) in [6, 6.07) is 15.8. The monoisotopic (exact) mass is 451 g/mol. The molecule has 0 spiro atoms. The Morgan fingerprint density at radius 1 is 1.12 bits per heavy atom. The number of anilines is 1. The molecule has 2 aromatic carbocycles. The van der Waals surface area contributed by atoms with E-state index in [0.717, 1.165) is 55.4 Å². The van der Waals surface area contributed by atoms with Crippen LogP contribution in [0, 0.1) is 6.92 Å². The Labute approximate surface area is 193 Å². The molecule has 1 saturated heterocycles. The van der Waals surface area contributed by atoms with Crippen molar-refractivity contribution in [1.29, 1.82) is 0 Å². The summed E-state index contributed by atoms with van der Waals surface area (Å²) in [6.45, 7) is 7.03. The topological polar surface area (TPSA) is 61.9 Å². The van der Waals surface area contributed by atoms with Crippen LogP contribution >= 0.6 is 11.8 Å². The lowest BCUT2D eigenvalue weighted by Gasteiger charge is -2.30. The Hall–Kier alpha value is -2.61. The normalized spacial score (nSPS) is 18.0. The quantitative estimate of drug-likeness (QED) is 0.517. The van der Waals surface area contributed by atoms with Gasteiger partial charge in [0.1, 0.15) is 6.54 Å². The maximum Gasteiger partial charge on any atom is 0.265 e. The number of para-hydroxylation sites is 1. The summed E-state index contributed by atoms with van der Waals surface area (Å²) in [4.78, 5) is 31.5. The van der Waals surface area contributed by atoms with Crippen molar-refractivity contribution < 1.29 is 14.3 Å². The van der Waals surface area contributed by atoms with Crippen LogP contribution in [0.15, 0.2) is 58.3 Å². The summed E-state index contributed by atoms with van der Waals surface area (Å²) in [5.41, 5.74) is 2.93. The number of ether oxygens (including phenoxy) is 1. The van der Waals surface area contributed by atoms with Gasteiger partial charge >= 0.3 is 0 Å². The molecule has 4 rings (SSSR count). The number of carbonyl (C=O) groups is 2. The Balaban J connectivity index is 1.40. The number of rotatable bonds is 7. The standard InChI is InChI=1S/C25H29N3O3S/c1-19-7-9-20(10-8-19)17-23-25(30)28(21-5-2-3-6-22(21)32-23)18-24(29)26-11-4-12-27-13-15-31-16-14-27/h2-3,5-10,17H,4,11-16,18H2,1H3,(H,26,29)/b23-17+. The van der Waals surface area contributed by atoms with Crippen molar-refractivity contribution in [2.45, 2.75) is 18.2 Å². The van der Waals surface area contributed by atoms with Gasteiger partial charge in [-0.3, -0.25) is 19.4 Å². The summed E-state index contributed by atoms with van der Waals surface area (Å²) in [5.74, 6) is -0.283. The first-order valence-electron chi connectivity index (χ1n) is 11.0. The first kappa shape index (κ1) is 22.6. The van der Waals surface area contributed by atoms with Crippen molar-refractivity contribution >= 4 is 35.3 Å². The second kappa shape index (κ2) is 10.8. The molecule has 2 aliphatic rings. The van der Waals surface area contributed by atoms with Crippen LogP contribution in [0.2, 0.25) is 0 Å². The fourth-order valence-electron chi connectivity index (χ4n) is 3.79. The molecular formula is C25H29N3O3S. The van der Waals surface area contributed by atoms with Gasteiger partial charge in [0.2, 0.25) is 5.91 Å². The summed E-state index contributed by atoms with van der Waals surface area (Å²) in [5, 5.41) is 2.97. The highest BCUT2D eigenvalue weighted by Gasteiger charge is 2.30. The minimum atomic E-state index is -0.142. The molecule has 168 valence electrons. The third-order valence-corrected chi connectivity index (χ3v) is 6.66. The molecule has 2 amide bonds. The van der Waals surface area contributed by atoms with Crippen molar-refractivity contribution in [3.63, 3.8) is 0 Å². The van der Waals surface area contributed by atoms with E-state index in [1.807, 2.05) is 61.5 Å². The molecule has 1 N–H and O–H groups in total. The SMILES string of the molecule is Cc1ccc(/C=C2/Sc3ccccc3N(CC(=O)NCCCN3CCOCC3)C2=O)cc1. The Bertz CT molecular complexity index is 984. The number of aryl methyl sites for hydroxylation is 1. The number of hydrogen-bond donors (Lipinski definition) is 1. The second-order valence-corrected chi connectivity index (χ2v) is 9.12. The predicted octanol–water partition coefficient (Wildman–Crippen LogP) is 3.31. The molecule has 2 aliphatic heterocycles. The number of benzene rings is 2. The predicted molar refractivity (Wildman–Crippen MR) is 129 cm³/mol. The highest BCUT2D eigenvalue weighted by Crippen LogP contribution is 2.41. The first-order valence-corrected chi connectivity index (χ1v) is 11.9. The lowest BCUT2D eigenvalue weighted by molar-refractivity contribution is -0.122. The van der Waals surface area contributed by atoms with Crippen LogP contribution in [0.25, 0.3) is 6.08 Å². The van der Waals surface area contributed by atoms with Gasteiger partial charge in [0.25, 0.3) is 5.91 Å². The van der Waals surface area contributed by atoms with E-state index in [-0.39, 0.29) is 18.4 Å². The molecule has 0 atom stereocenters. The second-order valence-electron chi connectivity index (χ2n) is 8.04. The van der Waals surface area contributed by atoms with Crippen molar-refractivity contribution in [2.75, 3.05) is 50.8 Å². The van der Waals surface area contributed by atoms with Crippen LogP contribution in [0.1, 0.15) is 17.5 Å². The molecule has 0 unspecified atom stereocenters. The first-order chi connectivity index (χ1) is 15.6. The number of thioether (sulfide) groups is 1. The lowest BCUT2D eigenvalue weighted by Crippen LogP contribution is -2.43. The minimum absolute atomic E-state index is 0.0131. The summed E-state index contributed by atoms with van der Waals surface area (Å²) in [6.07, 6.45) is 2.78. The Morgan fingerprint density at radius 3 is 2.66 bits per heavy atom. The molecule has 0 aromatic heterocycles. The van der Waals surface area contributed by atoms with E-state index in [0.29, 0.717) is 11.4 Å². The number of carbonyl (C=O) groups excluding carboxylic acids is 2. The number of nitrogens with zero attached hydrogens (tertiary/aromatic N) is 2. The fraction of sp³-hybridized carbons (Fsp3) is 0.360. The van der Waals surface area contributed by atoms with Crippen LogP contribution in [0.4, 0.5) is 5.69 Å². The summed E-state index contributed by atoms with van der Waals surface area (Å²) in [7, 11) is 0. The molecule has 0 bridgehead atoms. The number of nitrogens with one attached hydrogen (secondary N) is 1. The fourth-order valence-corrected chi connectivity index (χ4v) is 4.85. The number of fused-ring (bicyclic) bond motifs is 1. The summed E-state index contributed by atoms with van der Waals surface area (Å²) < 4.78 is 5.36. The Morgan fingerprint density at radius 2 is 1.88 bits per heavy atom. The molecular weight excluding hydrogens is 422 g/mol. The van der Waals surface area contributed by atoms with E-state index in [1.54, 1.807) is 4.90 Å². The zero-order valence-electron chi connectivity index (χ0n) is 18.4. The number of morpholine rings is 1. The van der Waals surface area contributed by atoms with Crippen LogP contribution < -0.4 is 10.2 Å². The third-order valence-electron chi connectivity index (χ3n) is 5.59. The van der Waals surface area contributed by atoms with Crippen LogP contribution in [0.5, 0.6) is 0 Å². The van der Waals surface area contributed by atoms with Gasteiger partial charge in [-0.05, 0) is 43.7 Å². The van der Waals surface area contributed by atoms with Crippen LogP contribution in [-0.2, 0) is 14.3 Å². The summed E-state index contributed by atoms with van der Waals surface area (Å²) >= 11 is 1.45. The van der Waals surface area contributed by atoms with E-state index >= 15 is 0 Å². The van der Waals surface area contributed by atoms with E-state index in [9.17, 15) is 9.59 Å². The van der Waals surface area contributed by atoms with Crippen molar-refractivity contribution in [3.05, 3.63) is 64.6 Å². The van der Waals surface area contributed by atoms with Gasteiger partial charge in [0, 0.05) is 24.5 Å². The average molecular weight is 452 g/mol. The smallest absolute Gasteiger partial charge is 0.265 e. The van der Waals surface area contributed by atoms with Gasteiger partial charge in [-0.25, -0.2) is 0 Å². The van der Waals surface area contributed by atoms with Crippen molar-refractivity contribution in [1.82, 2.24) is 10.2 Å². The van der Waals surface area contributed by atoms with Gasteiger partial charge in [0.15, 0.2) is 0 Å². The van der Waals surface area contributed by atoms with Crippen molar-refractivity contribution in [3.8, 4) is 0 Å². The highest BCUT2D eigenvalue weighted by molar-refractivity contribution is 8.04. The number of hydrogen-bond acceptors (Lipinski definition) is 5. The third kappa shape index (κ3) is 5.79. The molecule has 7 heteroatoms. The zero-order valence-corrected chi connectivity index (χ0v) is 19.2. The minimum Gasteiger partial charge on any atom is -0.379 e. The van der Waals surface area contributed by atoms with Gasteiger partial charge in [-0.15, -0.1) is 0 Å². The largest absolute Gasteiger partial charge is 0.379 e. The maximum absolute atomic E-state index is 13.3. The van der Waals surface area contributed by atoms with E-state index in [2.05, 4.69) is 10.2 Å². The average Bonchev–Trinajstić information content (AvgIpc) is 2.81. The number of amides is 2. The molecule has 0 saturated carbocycles. The Kier molecular flexibility index (Phi) is 7.63. The van der Waals surface area contributed by atoms with Gasteiger partial charge in [0.05, 0.1) is 23.8 Å². The maximum atomic E-state index is 13.3. The molecule has 2 aromatic rings.